The SMILES string of the molecule is CCO[Si](C)(CCCN(c1ccccc1)C(CC(=O)O[Si](CC)(CC)CC)C(=O)O[Si](CC)(CC)CC)OCC. The van der Waals surface area contributed by atoms with Crippen molar-refractivity contribution in [1.29, 1.82) is 0 Å². The fraction of sp³-hybridized carbons (Fsp3) is 0.733. The lowest BCUT2D eigenvalue weighted by Crippen LogP contribution is -2.50. The van der Waals surface area contributed by atoms with Crippen molar-refractivity contribution in [1.82, 2.24) is 0 Å². The third-order valence-corrected chi connectivity index (χ3v) is 20.6. The zero-order valence-electron chi connectivity index (χ0n) is 26.8. The molecule has 1 rings (SSSR count). The van der Waals surface area contributed by atoms with Gasteiger partial charge < -0.3 is 22.6 Å². The number of rotatable bonds is 21. The second-order valence-electron chi connectivity index (χ2n) is 10.7. The van der Waals surface area contributed by atoms with Gasteiger partial charge in [-0.3, -0.25) is 9.59 Å². The van der Waals surface area contributed by atoms with Crippen molar-refractivity contribution < 1.29 is 27.3 Å². The van der Waals surface area contributed by atoms with Crippen LogP contribution in [0.1, 0.15) is 68.2 Å². The number of benzene rings is 1. The van der Waals surface area contributed by atoms with Gasteiger partial charge in [0.25, 0.3) is 22.6 Å². The molecule has 0 fully saturated rings. The molecule has 0 radical (unpaired) electrons. The van der Waals surface area contributed by atoms with Gasteiger partial charge in [-0.05, 0) is 81.3 Å². The largest absolute Gasteiger partial charge is 0.519 e. The lowest BCUT2D eigenvalue weighted by atomic mass is 10.1. The molecule has 230 valence electrons. The van der Waals surface area contributed by atoms with Crippen LogP contribution in [0.4, 0.5) is 5.69 Å². The summed E-state index contributed by atoms with van der Waals surface area (Å²) in [7, 11) is -6.75. The Labute approximate surface area is 247 Å². The van der Waals surface area contributed by atoms with Crippen molar-refractivity contribution in [3.05, 3.63) is 30.3 Å². The zero-order valence-corrected chi connectivity index (χ0v) is 29.8. The molecule has 7 nitrogen and oxygen atoms in total. The van der Waals surface area contributed by atoms with Gasteiger partial charge >= 0.3 is 14.5 Å². The molecule has 0 N–H and O–H groups in total. The maximum atomic E-state index is 14.1. The number of hydrogen-bond acceptors (Lipinski definition) is 7. The highest BCUT2D eigenvalue weighted by Crippen LogP contribution is 2.28. The molecule has 0 heterocycles. The van der Waals surface area contributed by atoms with E-state index >= 15 is 0 Å². The van der Waals surface area contributed by atoms with Crippen LogP contribution in [-0.2, 0) is 27.3 Å². The Morgan fingerprint density at radius 3 is 1.68 bits per heavy atom. The van der Waals surface area contributed by atoms with E-state index in [-0.39, 0.29) is 18.4 Å². The molecule has 0 amide bonds. The number of para-hydroxylation sites is 1. The van der Waals surface area contributed by atoms with Crippen LogP contribution in [0.3, 0.4) is 0 Å². The van der Waals surface area contributed by atoms with Crippen LogP contribution in [0.15, 0.2) is 30.3 Å². The zero-order chi connectivity index (χ0) is 30.2. The fourth-order valence-corrected chi connectivity index (χ4v) is 12.8. The molecule has 0 saturated carbocycles. The van der Waals surface area contributed by atoms with E-state index in [2.05, 4.69) is 53.0 Å². The standard InChI is InChI=1S/C30H57NO6Si3/c1-10-34-38(9,35-11-2)25-21-24-31(27-22-19-18-20-23-27)28(30(33)37-40(15-6,16-7)17-8)26-29(32)36-39(12-3,13-4)14-5/h18-20,22-23,28H,10-17,21,24-26H2,1-9H3. The van der Waals surface area contributed by atoms with E-state index in [0.29, 0.717) is 19.8 Å². The number of hydrogen-bond donors (Lipinski definition) is 0. The molecule has 0 saturated heterocycles. The van der Waals surface area contributed by atoms with Gasteiger partial charge in [-0.25, -0.2) is 0 Å². The molecule has 1 aromatic carbocycles. The van der Waals surface area contributed by atoms with Gasteiger partial charge in [-0.1, -0.05) is 59.7 Å². The lowest BCUT2D eigenvalue weighted by molar-refractivity contribution is -0.143. The van der Waals surface area contributed by atoms with Crippen molar-refractivity contribution in [2.75, 3.05) is 24.7 Å². The van der Waals surface area contributed by atoms with E-state index in [4.69, 9.17) is 17.7 Å². The molecule has 0 bridgehead atoms. The molecule has 10 heteroatoms. The normalized spacial score (nSPS) is 13.1. The van der Waals surface area contributed by atoms with Gasteiger partial charge in [-0.2, -0.15) is 0 Å². The van der Waals surface area contributed by atoms with Crippen LogP contribution in [0.2, 0.25) is 48.9 Å². The summed E-state index contributed by atoms with van der Waals surface area (Å²) in [4.78, 5) is 29.6. The van der Waals surface area contributed by atoms with Crippen LogP contribution >= 0.6 is 0 Å². The maximum absolute atomic E-state index is 14.1. The van der Waals surface area contributed by atoms with Gasteiger partial charge in [0.1, 0.15) is 6.04 Å². The van der Waals surface area contributed by atoms with E-state index in [1.807, 2.05) is 44.2 Å². The van der Waals surface area contributed by atoms with Crippen molar-refractivity contribution in [2.45, 2.75) is 123 Å². The number of anilines is 1. The first kappa shape index (κ1) is 36.6. The Hall–Kier alpha value is -1.47. The van der Waals surface area contributed by atoms with E-state index in [0.717, 1.165) is 54.4 Å². The van der Waals surface area contributed by atoms with Crippen LogP contribution in [0, 0.1) is 0 Å². The molecule has 1 aromatic rings. The minimum atomic E-state index is -2.34. The van der Waals surface area contributed by atoms with E-state index < -0.39 is 31.2 Å². The first-order valence-corrected chi connectivity index (χ1v) is 23.2. The molecule has 0 aliphatic rings. The maximum Gasteiger partial charge on any atom is 0.334 e. The molecule has 0 aliphatic heterocycles. The Balaban J connectivity index is 3.43. The van der Waals surface area contributed by atoms with Gasteiger partial charge in [0.15, 0.2) is 0 Å². The van der Waals surface area contributed by atoms with E-state index in [1.165, 1.54) is 0 Å². The minimum absolute atomic E-state index is 0.0181. The molecule has 40 heavy (non-hydrogen) atoms. The van der Waals surface area contributed by atoms with Gasteiger partial charge in [0.05, 0.1) is 6.42 Å². The van der Waals surface area contributed by atoms with E-state index in [1.54, 1.807) is 0 Å². The van der Waals surface area contributed by atoms with Gasteiger partial charge in [0, 0.05) is 25.4 Å². The Kier molecular flexibility index (Phi) is 16.6. The van der Waals surface area contributed by atoms with Crippen molar-refractivity contribution in [3.63, 3.8) is 0 Å². The molecule has 0 aromatic heterocycles. The quantitative estimate of drug-likeness (QED) is 0.131. The smallest absolute Gasteiger partial charge is 0.334 e. The first-order valence-electron chi connectivity index (χ1n) is 15.6. The second-order valence-corrected chi connectivity index (χ2v) is 23.5. The highest BCUT2D eigenvalue weighted by molar-refractivity contribution is 6.75. The topological polar surface area (TPSA) is 74.3 Å². The summed E-state index contributed by atoms with van der Waals surface area (Å²) in [6.07, 6.45) is 0.752. The summed E-state index contributed by atoms with van der Waals surface area (Å²) in [6.45, 7) is 20.6. The van der Waals surface area contributed by atoms with Crippen molar-refractivity contribution in [3.8, 4) is 0 Å². The predicted molar refractivity (Wildman–Crippen MR) is 173 cm³/mol. The summed E-state index contributed by atoms with van der Waals surface area (Å²) < 4.78 is 24.8. The van der Waals surface area contributed by atoms with Crippen LogP contribution < -0.4 is 4.90 Å². The van der Waals surface area contributed by atoms with E-state index in [9.17, 15) is 9.59 Å². The molecule has 0 aliphatic carbocycles. The molecular formula is C30H57NO6Si3. The molecule has 0 spiro atoms. The highest BCUT2D eigenvalue weighted by atomic mass is 28.4. The second kappa shape index (κ2) is 18.1. The summed E-state index contributed by atoms with van der Waals surface area (Å²) in [6, 6.07) is 15.1. The highest BCUT2D eigenvalue weighted by Gasteiger charge is 2.40. The summed E-state index contributed by atoms with van der Waals surface area (Å²) >= 11 is 0. The molecular weight excluding hydrogens is 555 g/mol. The summed E-state index contributed by atoms with van der Waals surface area (Å²) in [5.41, 5.74) is 0.898. The van der Waals surface area contributed by atoms with Crippen LogP contribution in [-0.4, -0.2) is 62.9 Å². The fourth-order valence-electron chi connectivity index (χ4n) is 5.43. The average molecular weight is 612 g/mol. The summed E-state index contributed by atoms with van der Waals surface area (Å²) in [5, 5.41) is 0. The van der Waals surface area contributed by atoms with Gasteiger partial charge in [0.2, 0.25) is 0 Å². The third-order valence-electron chi connectivity index (χ3n) is 8.54. The number of carbonyl (C=O) groups excluding carboxylic acids is 2. The van der Waals surface area contributed by atoms with Crippen LogP contribution in [0.25, 0.3) is 0 Å². The Morgan fingerprint density at radius 1 is 0.750 bits per heavy atom. The first-order chi connectivity index (χ1) is 19.1. The monoisotopic (exact) mass is 611 g/mol. The van der Waals surface area contributed by atoms with Crippen LogP contribution in [0.5, 0.6) is 0 Å². The number of carbonyl (C=O) groups is 2. The predicted octanol–water partition coefficient (Wildman–Crippen LogP) is 7.88. The lowest BCUT2D eigenvalue weighted by Gasteiger charge is -2.37. The minimum Gasteiger partial charge on any atom is -0.519 e. The molecule has 1 atom stereocenters. The Morgan fingerprint density at radius 2 is 1.23 bits per heavy atom. The average Bonchev–Trinajstić information content (AvgIpc) is 2.96. The third kappa shape index (κ3) is 10.7. The number of nitrogens with zero attached hydrogens (tertiary/aromatic N) is 1. The van der Waals surface area contributed by atoms with Crippen molar-refractivity contribution in [2.24, 2.45) is 0 Å². The summed E-state index contributed by atoms with van der Waals surface area (Å²) in [5.74, 6) is -0.593. The Bertz CT molecular complexity index is 842. The molecule has 1 unspecified atom stereocenters. The van der Waals surface area contributed by atoms with Crippen molar-refractivity contribution >= 4 is 42.8 Å². The van der Waals surface area contributed by atoms with Gasteiger partial charge in [-0.15, -0.1) is 0 Å².